The van der Waals surface area contributed by atoms with Crippen molar-refractivity contribution in [3.63, 3.8) is 0 Å². The maximum atomic E-state index is 12.4. The predicted molar refractivity (Wildman–Crippen MR) is 107 cm³/mol. The molecule has 0 spiro atoms. The highest BCUT2D eigenvalue weighted by atomic mass is 35.5. The van der Waals surface area contributed by atoms with Crippen molar-refractivity contribution >= 4 is 39.6 Å². The molecule has 3 rings (SSSR count). The third-order valence-electron chi connectivity index (χ3n) is 4.33. The molecule has 0 saturated heterocycles. The van der Waals surface area contributed by atoms with Gasteiger partial charge in [-0.1, -0.05) is 67.1 Å². The summed E-state index contributed by atoms with van der Waals surface area (Å²) in [6.45, 7) is 2.02. The molecule has 0 aliphatic rings. The van der Waals surface area contributed by atoms with E-state index in [1.165, 1.54) is 0 Å². The third kappa shape index (κ3) is 4.12. The first-order chi connectivity index (χ1) is 12.6. The summed E-state index contributed by atoms with van der Waals surface area (Å²) in [4.78, 5) is 24.1. The van der Waals surface area contributed by atoms with Crippen molar-refractivity contribution in [2.45, 2.75) is 19.8 Å². The monoisotopic (exact) mass is 365 g/mol. The van der Waals surface area contributed by atoms with Crippen LogP contribution in [-0.4, -0.2) is 18.1 Å². The number of nitrogens with one attached hydrogen (secondary N) is 1. The van der Waals surface area contributed by atoms with Crippen LogP contribution in [0, 0.1) is 0 Å². The fourth-order valence-corrected chi connectivity index (χ4v) is 3.20. The highest BCUT2D eigenvalue weighted by Crippen LogP contribution is 2.27. The molecule has 4 heteroatoms. The molecule has 0 aliphatic carbocycles. The number of anilines is 1. The molecule has 0 unspecified atom stereocenters. The Labute approximate surface area is 158 Å². The van der Waals surface area contributed by atoms with Gasteiger partial charge in [-0.3, -0.25) is 9.59 Å². The van der Waals surface area contributed by atoms with Crippen LogP contribution in [0.15, 0.2) is 60.7 Å². The molecule has 0 amide bonds. The molecule has 1 N–H and O–H groups in total. The van der Waals surface area contributed by atoms with Crippen molar-refractivity contribution in [2.75, 3.05) is 11.9 Å². The second-order valence-electron chi connectivity index (χ2n) is 6.19. The van der Waals surface area contributed by atoms with Gasteiger partial charge in [-0.15, -0.1) is 0 Å². The fraction of sp³-hybridized carbons (Fsp3) is 0.182. The molecule has 0 fully saturated rings. The Morgan fingerprint density at radius 1 is 1.00 bits per heavy atom. The number of carbonyl (C=O) groups excluding carboxylic acids is 2. The molecule has 3 aromatic rings. The second-order valence-corrected chi connectivity index (χ2v) is 6.56. The lowest BCUT2D eigenvalue weighted by atomic mass is 10.0. The van der Waals surface area contributed by atoms with E-state index >= 15 is 0 Å². The fourth-order valence-electron chi connectivity index (χ4n) is 2.90. The number of ketones is 2. The average Bonchev–Trinajstić information content (AvgIpc) is 2.68. The Hall–Kier alpha value is -2.65. The van der Waals surface area contributed by atoms with Gasteiger partial charge in [-0.25, -0.2) is 0 Å². The molecular formula is C22H20ClNO2. The van der Waals surface area contributed by atoms with Gasteiger partial charge in [0, 0.05) is 29.5 Å². The minimum Gasteiger partial charge on any atom is -0.378 e. The Morgan fingerprint density at radius 3 is 2.62 bits per heavy atom. The molecule has 0 atom stereocenters. The molecule has 0 radical (unpaired) electrons. The molecule has 0 heterocycles. The molecule has 0 aliphatic heterocycles. The quantitative estimate of drug-likeness (QED) is 0.577. The lowest BCUT2D eigenvalue weighted by molar-refractivity contribution is -0.116. The molecule has 132 valence electrons. The minimum atomic E-state index is 0.0365. The summed E-state index contributed by atoms with van der Waals surface area (Å²) in [5, 5.41) is 5.74. The summed E-state index contributed by atoms with van der Waals surface area (Å²) in [6, 6.07) is 19.0. The molecule has 3 aromatic carbocycles. The van der Waals surface area contributed by atoms with E-state index < -0.39 is 0 Å². The van der Waals surface area contributed by atoms with E-state index in [1.807, 2.05) is 55.5 Å². The average molecular weight is 366 g/mol. The second kappa shape index (κ2) is 8.15. The van der Waals surface area contributed by atoms with Crippen LogP contribution in [0.5, 0.6) is 0 Å². The number of carbonyl (C=O) groups is 2. The Morgan fingerprint density at radius 2 is 1.81 bits per heavy atom. The highest BCUT2D eigenvalue weighted by molar-refractivity contribution is 6.36. The van der Waals surface area contributed by atoms with Crippen LogP contribution < -0.4 is 5.32 Å². The molecule has 0 bridgehead atoms. The summed E-state index contributed by atoms with van der Waals surface area (Å²) >= 11 is 6.46. The van der Waals surface area contributed by atoms with Crippen molar-refractivity contribution < 1.29 is 9.59 Å². The van der Waals surface area contributed by atoms with Crippen molar-refractivity contribution in [2.24, 2.45) is 0 Å². The maximum Gasteiger partial charge on any atom is 0.162 e. The maximum absolute atomic E-state index is 12.4. The standard InChI is InChI=1S/C22H20ClNO2/c1-2-21(26)16-7-5-8-18(12-16)24-14-19(25)13-17-11-10-15-6-3-4-9-20(15)22(17)23/h3-12,24H,2,13-14H2,1H3. The van der Waals surface area contributed by atoms with Gasteiger partial charge < -0.3 is 5.32 Å². The van der Waals surface area contributed by atoms with Crippen molar-refractivity contribution in [3.05, 3.63) is 76.8 Å². The van der Waals surface area contributed by atoms with Gasteiger partial charge in [-0.2, -0.15) is 0 Å². The van der Waals surface area contributed by atoms with Crippen LogP contribution in [0.25, 0.3) is 10.8 Å². The largest absolute Gasteiger partial charge is 0.378 e. The number of hydrogen-bond acceptors (Lipinski definition) is 3. The summed E-state index contributed by atoms with van der Waals surface area (Å²) in [7, 11) is 0. The zero-order valence-corrected chi connectivity index (χ0v) is 15.3. The van der Waals surface area contributed by atoms with E-state index in [1.54, 1.807) is 12.1 Å². The van der Waals surface area contributed by atoms with E-state index in [9.17, 15) is 9.59 Å². The van der Waals surface area contributed by atoms with Crippen LogP contribution in [0.4, 0.5) is 5.69 Å². The molecular weight excluding hydrogens is 346 g/mol. The van der Waals surface area contributed by atoms with Gasteiger partial charge in [-0.05, 0) is 23.1 Å². The van der Waals surface area contributed by atoms with E-state index in [4.69, 9.17) is 11.6 Å². The Bertz CT molecular complexity index is 965. The Kier molecular flexibility index (Phi) is 5.69. The summed E-state index contributed by atoms with van der Waals surface area (Å²) in [5.41, 5.74) is 2.25. The first kappa shape index (κ1) is 18.2. The molecule has 0 aromatic heterocycles. The normalized spacial score (nSPS) is 10.7. The lowest BCUT2D eigenvalue weighted by Gasteiger charge is -2.09. The van der Waals surface area contributed by atoms with Crippen LogP contribution in [0.3, 0.4) is 0 Å². The van der Waals surface area contributed by atoms with Gasteiger partial charge in [0.2, 0.25) is 0 Å². The zero-order valence-electron chi connectivity index (χ0n) is 14.6. The van der Waals surface area contributed by atoms with Crippen LogP contribution in [0.2, 0.25) is 5.02 Å². The minimum absolute atomic E-state index is 0.0365. The lowest BCUT2D eigenvalue weighted by Crippen LogP contribution is -2.16. The smallest absolute Gasteiger partial charge is 0.162 e. The Balaban J connectivity index is 1.66. The third-order valence-corrected chi connectivity index (χ3v) is 4.77. The van der Waals surface area contributed by atoms with E-state index in [2.05, 4.69) is 5.32 Å². The summed E-state index contributed by atoms with van der Waals surface area (Å²) in [5.74, 6) is 0.123. The van der Waals surface area contributed by atoms with E-state index in [0.717, 1.165) is 22.0 Å². The van der Waals surface area contributed by atoms with Crippen molar-refractivity contribution in [1.82, 2.24) is 0 Å². The SMILES string of the molecule is CCC(=O)c1cccc(NCC(=O)Cc2ccc3ccccc3c2Cl)c1. The molecule has 26 heavy (non-hydrogen) atoms. The van der Waals surface area contributed by atoms with Crippen molar-refractivity contribution in [3.8, 4) is 0 Å². The number of hydrogen-bond donors (Lipinski definition) is 1. The van der Waals surface area contributed by atoms with Gasteiger partial charge in [0.05, 0.1) is 11.6 Å². The number of benzene rings is 3. The topological polar surface area (TPSA) is 46.2 Å². The molecule has 3 nitrogen and oxygen atoms in total. The van der Waals surface area contributed by atoms with Crippen molar-refractivity contribution in [1.29, 1.82) is 0 Å². The van der Waals surface area contributed by atoms with Crippen LogP contribution >= 0.6 is 11.6 Å². The summed E-state index contributed by atoms with van der Waals surface area (Å²) in [6.07, 6.45) is 0.729. The van der Waals surface area contributed by atoms with Gasteiger partial charge in [0.25, 0.3) is 0 Å². The van der Waals surface area contributed by atoms with E-state index in [-0.39, 0.29) is 24.5 Å². The predicted octanol–water partition coefficient (Wildman–Crippen LogP) is 5.31. The van der Waals surface area contributed by atoms with Gasteiger partial charge in [0.1, 0.15) is 0 Å². The van der Waals surface area contributed by atoms with Crippen LogP contribution in [0.1, 0.15) is 29.3 Å². The number of rotatable bonds is 7. The first-order valence-electron chi connectivity index (χ1n) is 8.63. The van der Waals surface area contributed by atoms with E-state index in [0.29, 0.717) is 17.0 Å². The zero-order chi connectivity index (χ0) is 18.5. The number of halogens is 1. The van der Waals surface area contributed by atoms with Gasteiger partial charge in [0.15, 0.2) is 11.6 Å². The summed E-state index contributed by atoms with van der Waals surface area (Å²) < 4.78 is 0. The highest BCUT2D eigenvalue weighted by Gasteiger charge is 2.10. The number of Topliss-reactive ketones (excluding diaryl/α,β-unsaturated/α-hetero) is 2. The molecule has 0 saturated carbocycles. The number of fused-ring (bicyclic) bond motifs is 1. The van der Waals surface area contributed by atoms with Crippen LogP contribution in [-0.2, 0) is 11.2 Å². The van der Waals surface area contributed by atoms with Gasteiger partial charge >= 0.3 is 0 Å². The first-order valence-corrected chi connectivity index (χ1v) is 9.01.